The van der Waals surface area contributed by atoms with Crippen LogP contribution < -0.4 is 9.80 Å². The van der Waals surface area contributed by atoms with Crippen LogP contribution in [0.25, 0.3) is 62.0 Å². The molecule has 0 aliphatic rings. The molecule has 3 nitrogen and oxygen atoms in total. The highest BCUT2D eigenvalue weighted by Crippen LogP contribution is 2.44. The fraction of sp³-hybridized carbons (Fsp3) is 0. The zero-order valence-corrected chi connectivity index (χ0v) is 31.3. The Hall–Kier alpha value is -6.67. The lowest BCUT2D eigenvalue weighted by atomic mass is 10.00. The number of thiophene rings is 2. The predicted octanol–water partition coefficient (Wildman–Crippen LogP) is 15.3. The second-order valence-electron chi connectivity index (χ2n) is 13.9. The Morgan fingerprint density at radius 3 is 1.39 bits per heavy atom. The van der Waals surface area contributed by atoms with E-state index in [1.165, 1.54) is 49.8 Å². The van der Waals surface area contributed by atoms with E-state index in [0.717, 1.165) is 70.6 Å². The third-order valence-corrected chi connectivity index (χ3v) is 12.8. The Morgan fingerprint density at radius 2 is 0.804 bits per heavy atom. The summed E-state index contributed by atoms with van der Waals surface area (Å²) in [6, 6.07) is 56.4. The monoisotopic (exact) mass is 761 g/mol. The van der Waals surface area contributed by atoms with E-state index in [4.69, 9.17) is 0 Å². The molecule has 11 aromatic rings. The highest BCUT2D eigenvalue weighted by atomic mass is 32.1. The van der Waals surface area contributed by atoms with Gasteiger partial charge in [-0.15, -0.1) is 22.7 Å². The Kier molecular flexibility index (Phi) is 7.59. The van der Waals surface area contributed by atoms with Gasteiger partial charge in [0, 0.05) is 76.0 Å². The molecule has 0 aliphatic carbocycles. The van der Waals surface area contributed by atoms with Crippen LogP contribution in [-0.4, -0.2) is 4.98 Å². The Labute approximate surface area is 328 Å². The van der Waals surface area contributed by atoms with Crippen LogP contribution in [0.2, 0.25) is 0 Å². The van der Waals surface area contributed by atoms with E-state index in [1.807, 2.05) is 36.5 Å². The maximum Gasteiger partial charge on any atom is 0.124 e. The third kappa shape index (κ3) is 5.47. The minimum Gasteiger partial charge on any atom is -0.310 e. The molecular weight excluding hydrogens is 733 g/mol. The first kappa shape index (κ1) is 32.7. The van der Waals surface area contributed by atoms with Crippen LogP contribution in [0.15, 0.2) is 176 Å². The van der Waals surface area contributed by atoms with Crippen molar-refractivity contribution in [1.82, 2.24) is 4.98 Å². The standard InChI is InChI=1S/C49H29F2N3S2/c50-32-9-13-34(14-10-32)53(38-19-23-43-42-4-1-2-6-46(42)55-47(43)28-38)36-17-21-40-30(26-36)7-8-31-27-37(18-22-41(31)40)54(35-15-11-33(51)12-16-35)39-20-24-44-45-5-3-25-52-49(45)56-48(44)29-39/h1-29H. The van der Waals surface area contributed by atoms with Gasteiger partial charge in [-0.2, -0.15) is 0 Å². The van der Waals surface area contributed by atoms with Crippen molar-refractivity contribution in [1.29, 1.82) is 0 Å². The average molecular weight is 762 g/mol. The predicted molar refractivity (Wildman–Crippen MR) is 234 cm³/mol. The Morgan fingerprint density at radius 1 is 0.357 bits per heavy atom. The summed E-state index contributed by atoms with van der Waals surface area (Å²) in [5, 5.41) is 9.24. The topological polar surface area (TPSA) is 19.4 Å². The van der Waals surface area contributed by atoms with Gasteiger partial charge in [-0.1, -0.05) is 54.6 Å². The highest BCUT2D eigenvalue weighted by molar-refractivity contribution is 7.26. The molecule has 0 saturated carbocycles. The number of halogens is 2. The molecule has 0 N–H and O–H groups in total. The summed E-state index contributed by atoms with van der Waals surface area (Å²) in [7, 11) is 0. The Balaban J connectivity index is 1.02. The summed E-state index contributed by atoms with van der Waals surface area (Å²) >= 11 is 3.46. The molecule has 7 heteroatoms. The van der Waals surface area contributed by atoms with E-state index < -0.39 is 0 Å². The quantitative estimate of drug-likeness (QED) is 0.157. The van der Waals surface area contributed by atoms with E-state index in [0.29, 0.717) is 0 Å². The third-order valence-electron chi connectivity index (χ3n) is 10.6. The molecule has 0 aliphatic heterocycles. The normalized spacial score (nSPS) is 11.8. The number of rotatable bonds is 6. The lowest BCUT2D eigenvalue weighted by Crippen LogP contribution is -2.10. The van der Waals surface area contributed by atoms with Gasteiger partial charge in [0.1, 0.15) is 16.5 Å². The molecule has 56 heavy (non-hydrogen) atoms. The molecule has 0 bridgehead atoms. The van der Waals surface area contributed by atoms with Crippen molar-refractivity contribution in [3.8, 4) is 0 Å². The molecule has 3 aromatic heterocycles. The van der Waals surface area contributed by atoms with Gasteiger partial charge in [0.2, 0.25) is 0 Å². The van der Waals surface area contributed by atoms with Crippen molar-refractivity contribution < 1.29 is 8.78 Å². The van der Waals surface area contributed by atoms with Gasteiger partial charge in [0.25, 0.3) is 0 Å². The van der Waals surface area contributed by atoms with Gasteiger partial charge >= 0.3 is 0 Å². The largest absolute Gasteiger partial charge is 0.310 e. The average Bonchev–Trinajstić information content (AvgIpc) is 3.80. The SMILES string of the molecule is Fc1ccc(N(c2ccc3c(ccc4cc(N(c5ccc(F)cc5)c5ccc6c(c5)sc5ncccc56)ccc43)c2)c2ccc3c(c2)sc2ccccc23)cc1. The van der Waals surface area contributed by atoms with Gasteiger partial charge < -0.3 is 9.80 Å². The zero-order valence-electron chi connectivity index (χ0n) is 29.7. The summed E-state index contributed by atoms with van der Waals surface area (Å²) in [6.07, 6.45) is 1.83. The second-order valence-corrected chi connectivity index (χ2v) is 16.0. The maximum atomic E-state index is 14.2. The summed E-state index contributed by atoms with van der Waals surface area (Å²) in [5.74, 6) is -0.545. The maximum absolute atomic E-state index is 14.2. The Bertz CT molecular complexity index is 3080. The molecular formula is C49H29F2N3S2. The van der Waals surface area contributed by atoms with Crippen molar-refractivity contribution in [2.75, 3.05) is 9.80 Å². The van der Waals surface area contributed by atoms with Gasteiger partial charge in [0.05, 0.1) is 0 Å². The molecule has 0 fully saturated rings. The van der Waals surface area contributed by atoms with Crippen molar-refractivity contribution in [3.63, 3.8) is 0 Å². The van der Waals surface area contributed by atoms with E-state index in [-0.39, 0.29) is 11.6 Å². The minimum absolute atomic E-state index is 0.270. The first-order chi connectivity index (χ1) is 27.5. The van der Waals surface area contributed by atoms with Crippen molar-refractivity contribution in [2.45, 2.75) is 0 Å². The molecule has 266 valence electrons. The number of hydrogen-bond acceptors (Lipinski definition) is 5. The van der Waals surface area contributed by atoms with E-state index >= 15 is 0 Å². The second kappa shape index (κ2) is 13.0. The van der Waals surface area contributed by atoms with Gasteiger partial charge in [0.15, 0.2) is 0 Å². The molecule has 11 rings (SSSR count). The van der Waals surface area contributed by atoms with Crippen LogP contribution in [0.5, 0.6) is 0 Å². The van der Waals surface area contributed by atoms with Crippen LogP contribution in [0.4, 0.5) is 42.9 Å². The first-order valence-electron chi connectivity index (χ1n) is 18.3. The van der Waals surface area contributed by atoms with E-state index in [9.17, 15) is 8.78 Å². The summed E-state index contributed by atoms with van der Waals surface area (Å²) in [6.45, 7) is 0. The zero-order chi connectivity index (χ0) is 37.3. The van der Waals surface area contributed by atoms with Crippen LogP contribution in [0.3, 0.4) is 0 Å². The molecule has 8 aromatic carbocycles. The van der Waals surface area contributed by atoms with Crippen LogP contribution in [0.1, 0.15) is 0 Å². The van der Waals surface area contributed by atoms with Crippen molar-refractivity contribution in [3.05, 3.63) is 188 Å². The van der Waals surface area contributed by atoms with Gasteiger partial charge in [-0.05, 0) is 137 Å². The van der Waals surface area contributed by atoms with Crippen LogP contribution in [0, 0.1) is 11.6 Å². The number of fused-ring (bicyclic) bond motifs is 9. The number of hydrogen-bond donors (Lipinski definition) is 0. The van der Waals surface area contributed by atoms with Gasteiger partial charge in [-0.3, -0.25) is 0 Å². The molecule has 0 amide bonds. The molecule has 0 radical (unpaired) electrons. The minimum atomic E-state index is -0.275. The fourth-order valence-corrected chi connectivity index (χ4v) is 10.2. The summed E-state index contributed by atoms with van der Waals surface area (Å²) in [5.41, 5.74) is 5.68. The van der Waals surface area contributed by atoms with Crippen LogP contribution in [-0.2, 0) is 0 Å². The summed E-state index contributed by atoms with van der Waals surface area (Å²) in [4.78, 5) is 9.97. The highest BCUT2D eigenvalue weighted by Gasteiger charge is 2.18. The fourth-order valence-electron chi connectivity index (χ4n) is 7.99. The number of anilines is 6. The van der Waals surface area contributed by atoms with E-state index in [1.54, 1.807) is 22.7 Å². The first-order valence-corrected chi connectivity index (χ1v) is 19.9. The number of nitrogens with zero attached hydrogens (tertiary/aromatic N) is 3. The smallest absolute Gasteiger partial charge is 0.124 e. The summed E-state index contributed by atoms with van der Waals surface area (Å²) < 4.78 is 32.0. The van der Waals surface area contributed by atoms with Crippen LogP contribution >= 0.6 is 22.7 Å². The lowest BCUT2D eigenvalue weighted by molar-refractivity contribution is 0.627. The number of pyridine rings is 1. The van der Waals surface area contributed by atoms with Gasteiger partial charge in [-0.25, -0.2) is 13.8 Å². The molecule has 0 spiro atoms. The number of benzene rings is 8. The van der Waals surface area contributed by atoms with E-state index in [2.05, 4.69) is 130 Å². The van der Waals surface area contributed by atoms with Crippen molar-refractivity contribution in [2.24, 2.45) is 0 Å². The lowest BCUT2D eigenvalue weighted by Gasteiger charge is -2.27. The van der Waals surface area contributed by atoms with Crippen molar-refractivity contribution >= 4 is 119 Å². The molecule has 0 atom stereocenters. The number of aromatic nitrogens is 1. The molecule has 3 heterocycles. The molecule has 0 saturated heterocycles. The molecule has 0 unspecified atom stereocenters.